The number of alkyl carbamates (subject to hydrolysis) is 1. The summed E-state index contributed by atoms with van der Waals surface area (Å²) in [5.74, 6) is -1.60. The molecule has 0 spiro atoms. The number of imide groups is 1. The van der Waals surface area contributed by atoms with Crippen LogP contribution >= 0.6 is 11.8 Å². The molecule has 0 unspecified atom stereocenters. The van der Waals surface area contributed by atoms with Crippen LogP contribution in [0.15, 0.2) is 23.1 Å². The molecule has 2 heterocycles. The summed E-state index contributed by atoms with van der Waals surface area (Å²) in [6.45, 7) is 6.50. The van der Waals surface area contributed by atoms with E-state index in [4.69, 9.17) is 4.74 Å². The van der Waals surface area contributed by atoms with Crippen molar-refractivity contribution < 1.29 is 29.0 Å². The molecule has 30 heavy (non-hydrogen) atoms. The molecule has 1 aromatic carbocycles. The summed E-state index contributed by atoms with van der Waals surface area (Å²) in [7, 11) is 0. The van der Waals surface area contributed by atoms with Crippen molar-refractivity contribution >= 4 is 46.7 Å². The average Bonchev–Trinajstić information content (AvgIpc) is 3.19. The maximum atomic E-state index is 12.0. The van der Waals surface area contributed by atoms with Gasteiger partial charge < -0.3 is 20.1 Å². The van der Waals surface area contributed by atoms with Crippen molar-refractivity contribution in [2.24, 2.45) is 0 Å². The van der Waals surface area contributed by atoms with Gasteiger partial charge in [0.1, 0.15) is 5.60 Å². The maximum Gasteiger partial charge on any atom is 0.407 e. The van der Waals surface area contributed by atoms with E-state index in [1.54, 1.807) is 26.8 Å². The molecule has 1 atom stereocenters. The number of thioether (sulfide) groups is 1. The second-order valence-corrected chi connectivity index (χ2v) is 9.02. The van der Waals surface area contributed by atoms with E-state index in [1.807, 2.05) is 4.90 Å². The Balaban J connectivity index is 1.81. The highest BCUT2D eigenvalue weighted by Gasteiger charge is 2.29. The zero-order chi connectivity index (χ0) is 22.1. The van der Waals surface area contributed by atoms with Crippen LogP contribution in [-0.2, 0) is 9.53 Å². The topological polar surface area (TPSA) is 125 Å². The summed E-state index contributed by atoms with van der Waals surface area (Å²) < 4.78 is 5.29. The molecule has 1 aromatic rings. The summed E-state index contributed by atoms with van der Waals surface area (Å²) in [5, 5.41) is 13.9. The number of carbonyl (C=O) groups excluding carboxylic acids is 3. The molecule has 2 saturated heterocycles. The standard InChI is InChI=1S/C20H23N3O6S/c1-20(2,3)29-18(27)21-13-6-7-23(10-13)14-5-4-11(17(25)26)8-12(14)9-15-16(24)22-19(28)30-15/h4-5,8-9,13H,6-7,10H2,1-3H3,(H,21,27)(H,25,26)(H,22,24,28)/t13-/m0/s1. The molecule has 160 valence electrons. The van der Waals surface area contributed by atoms with Gasteiger partial charge in [-0.15, -0.1) is 0 Å². The van der Waals surface area contributed by atoms with Gasteiger partial charge in [0.2, 0.25) is 0 Å². The summed E-state index contributed by atoms with van der Waals surface area (Å²) in [5.41, 5.74) is 0.711. The van der Waals surface area contributed by atoms with Gasteiger partial charge >= 0.3 is 12.1 Å². The van der Waals surface area contributed by atoms with Gasteiger partial charge in [0, 0.05) is 18.8 Å². The van der Waals surface area contributed by atoms with Crippen LogP contribution in [0.5, 0.6) is 0 Å². The zero-order valence-corrected chi connectivity index (χ0v) is 17.7. The lowest BCUT2D eigenvalue weighted by atomic mass is 10.1. The van der Waals surface area contributed by atoms with Crippen LogP contribution in [0.1, 0.15) is 43.1 Å². The minimum atomic E-state index is -1.09. The molecule has 2 fully saturated rings. The Morgan fingerprint density at radius 3 is 2.67 bits per heavy atom. The number of benzene rings is 1. The number of carbonyl (C=O) groups is 4. The Morgan fingerprint density at radius 1 is 1.33 bits per heavy atom. The lowest BCUT2D eigenvalue weighted by Crippen LogP contribution is -2.40. The first-order valence-corrected chi connectivity index (χ1v) is 10.2. The van der Waals surface area contributed by atoms with Gasteiger partial charge in [-0.1, -0.05) is 0 Å². The van der Waals surface area contributed by atoms with E-state index in [0.29, 0.717) is 30.8 Å². The zero-order valence-electron chi connectivity index (χ0n) is 16.9. The van der Waals surface area contributed by atoms with E-state index < -0.39 is 28.8 Å². The third-order valence-electron chi connectivity index (χ3n) is 4.45. The second-order valence-electron chi connectivity index (χ2n) is 8.01. The number of amides is 3. The molecule has 0 aliphatic carbocycles. The summed E-state index contributed by atoms with van der Waals surface area (Å²) in [4.78, 5) is 49.0. The normalized spacial score (nSPS) is 20.4. The third-order valence-corrected chi connectivity index (χ3v) is 5.26. The molecular formula is C20H23N3O6S. The largest absolute Gasteiger partial charge is 0.478 e. The molecule has 0 bridgehead atoms. The minimum Gasteiger partial charge on any atom is -0.478 e. The molecule has 0 saturated carbocycles. The summed E-state index contributed by atoms with van der Waals surface area (Å²) in [6, 6.07) is 4.49. The molecule has 3 amide bonds. The number of carboxylic acid groups (broad SMARTS) is 1. The number of hydrogen-bond donors (Lipinski definition) is 3. The minimum absolute atomic E-state index is 0.0722. The highest BCUT2D eigenvalue weighted by Crippen LogP contribution is 2.32. The number of nitrogens with zero attached hydrogens (tertiary/aromatic N) is 1. The van der Waals surface area contributed by atoms with Crippen LogP contribution in [0.3, 0.4) is 0 Å². The highest BCUT2D eigenvalue weighted by molar-refractivity contribution is 8.18. The van der Waals surface area contributed by atoms with Crippen LogP contribution in [0, 0.1) is 0 Å². The molecule has 3 N–H and O–H groups in total. The molecule has 2 aliphatic heterocycles. The molecule has 0 radical (unpaired) electrons. The predicted molar refractivity (Wildman–Crippen MR) is 112 cm³/mol. The average molecular weight is 433 g/mol. The predicted octanol–water partition coefficient (Wildman–Crippen LogP) is 2.81. The molecular weight excluding hydrogens is 410 g/mol. The number of anilines is 1. The fourth-order valence-electron chi connectivity index (χ4n) is 3.22. The van der Waals surface area contributed by atoms with Crippen molar-refractivity contribution in [3.63, 3.8) is 0 Å². The number of ether oxygens (including phenoxy) is 1. The van der Waals surface area contributed by atoms with E-state index >= 15 is 0 Å². The monoisotopic (exact) mass is 433 g/mol. The quantitative estimate of drug-likeness (QED) is 0.619. The Morgan fingerprint density at radius 2 is 2.07 bits per heavy atom. The van der Waals surface area contributed by atoms with Crippen molar-refractivity contribution in [2.75, 3.05) is 18.0 Å². The number of carboxylic acids is 1. The van der Waals surface area contributed by atoms with Crippen molar-refractivity contribution in [2.45, 2.75) is 38.8 Å². The Labute approximate surface area is 177 Å². The van der Waals surface area contributed by atoms with Gasteiger partial charge in [0.15, 0.2) is 0 Å². The molecule has 0 aromatic heterocycles. The van der Waals surface area contributed by atoms with Crippen LogP contribution in [0.25, 0.3) is 6.08 Å². The fraction of sp³-hybridized carbons (Fsp3) is 0.400. The first-order valence-electron chi connectivity index (χ1n) is 9.38. The van der Waals surface area contributed by atoms with Crippen LogP contribution in [0.2, 0.25) is 0 Å². The summed E-state index contributed by atoms with van der Waals surface area (Å²) in [6.07, 6.45) is 1.71. The van der Waals surface area contributed by atoms with Crippen molar-refractivity contribution in [1.29, 1.82) is 0 Å². The van der Waals surface area contributed by atoms with Gasteiger partial charge in [0.25, 0.3) is 11.1 Å². The number of rotatable bonds is 4. The van der Waals surface area contributed by atoms with Gasteiger partial charge in [-0.2, -0.15) is 0 Å². The van der Waals surface area contributed by atoms with Crippen LogP contribution in [0.4, 0.5) is 15.3 Å². The van der Waals surface area contributed by atoms with E-state index in [-0.39, 0.29) is 16.5 Å². The molecule has 2 aliphatic rings. The van der Waals surface area contributed by atoms with Crippen LogP contribution < -0.4 is 15.5 Å². The number of hydrogen-bond acceptors (Lipinski definition) is 7. The lowest BCUT2D eigenvalue weighted by molar-refractivity contribution is -0.115. The Bertz CT molecular complexity index is 937. The first kappa shape index (κ1) is 21.7. The van der Waals surface area contributed by atoms with Gasteiger partial charge in [-0.3, -0.25) is 14.9 Å². The van der Waals surface area contributed by atoms with Gasteiger partial charge in [-0.05, 0) is 68.8 Å². The highest BCUT2D eigenvalue weighted by atomic mass is 32.2. The van der Waals surface area contributed by atoms with Crippen molar-refractivity contribution in [3.05, 3.63) is 34.2 Å². The maximum absolute atomic E-state index is 12.0. The molecule has 3 rings (SSSR count). The second kappa shape index (κ2) is 8.39. The van der Waals surface area contributed by atoms with E-state index in [9.17, 15) is 24.3 Å². The Hall–Kier alpha value is -3.01. The van der Waals surface area contributed by atoms with Crippen molar-refractivity contribution in [3.8, 4) is 0 Å². The Kier molecular flexibility index (Phi) is 6.06. The lowest BCUT2D eigenvalue weighted by Gasteiger charge is -2.23. The molecule has 9 nitrogen and oxygen atoms in total. The number of nitrogens with one attached hydrogen (secondary N) is 2. The SMILES string of the molecule is CC(C)(C)OC(=O)N[C@H]1CCN(c2ccc(C(=O)O)cc2C=C2SC(=O)NC2=O)C1. The summed E-state index contributed by atoms with van der Waals surface area (Å²) >= 11 is 0.770. The van der Waals surface area contributed by atoms with Crippen LogP contribution in [-0.4, -0.2) is 53.0 Å². The number of aromatic carboxylic acids is 1. The fourth-order valence-corrected chi connectivity index (χ4v) is 3.90. The van der Waals surface area contributed by atoms with Gasteiger partial charge in [0.05, 0.1) is 16.5 Å². The van der Waals surface area contributed by atoms with E-state index in [1.165, 1.54) is 18.2 Å². The van der Waals surface area contributed by atoms with Gasteiger partial charge in [-0.25, -0.2) is 9.59 Å². The smallest absolute Gasteiger partial charge is 0.407 e. The van der Waals surface area contributed by atoms with Crippen molar-refractivity contribution in [1.82, 2.24) is 10.6 Å². The first-order chi connectivity index (χ1) is 14.0. The third kappa shape index (κ3) is 5.32. The van der Waals surface area contributed by atoms with E-state index in [2.05, 4.69) is 10.6 Å². The van der Waals surface area contributed by atoms with E-state index in [0.717, 1.165) is 11.8 Å². The molecule has 10 heteroatoms.